The number of cyclic esters (lactones) is 1. The maximum Gasteiger partial charge on any atom is 0.313 e. The number of carbonyl (C=O) groups is 3. The molecule has 0 aromatic heterocycles. The first-order valence-corrected chi connectivity index (χ1v) is 7.82. The molecular formula is C18H22O6. The summed E-state index contributed by atoms with van der Waals surface area (Å²) in [6, 6.07) is 9.35. The highest BCUT2D eigenvalue weighted by atomic mass is 16.6. The highest BCUT2D eigenvalue weighted by molar-refractivity contribution is 6.00. The van der Waals surface area contributed by atoms with Crippen LogP contribution in [0, 0.1) is 5.41 Å². The average Bonchev–Trinajstić information content (AvgIpc) is 2.51. The Morgan fingerprint density at radius 3 is 2.50 bits per heavy atom. The molecule has 1 fully saturated rings. The van der Waals surface area contributed by atoms with E-state index < -0.39 is 29.6 Å². The van der Waals surface area contributed by atoms with E-state index in [4.69, 9.17) is 14.2 Å². The lowest BCUT2D eigenvalue weighted by molar-refractivity contribution is -0.185. The number of Topliss-reactive ketones (excluding diaryl/α,β-unsaturated/α-hetero) is 1. The molecule has 24 heavy (non-hydrogen) atoms. The van der Waals surface area contributed by atoms with Crippen molar-refractivity contribution >= 4 is 17.7 Å². The van der Waals surface area contributed by atoms with Crippen LogP contribution in [0.15, 0.2) is 30.3 Å². The van der Waals surface area contributed by atoms with Crippen LogP contribution in [0.3, 0.4) is 0 Å². The van der Waals surface area contributed by atoms with Gasteiger partial charge >= 0.3 is 11.9 Å². The number of hydrogen-bond acceptors (Lipinski definition) is 6. The van der Waals surface area contributed by atoms with Gasteiger partial charge in [-0.15, -0.1) is 0 Å². The monoisotopic (exact) mass is 334 g/mol. The Morgan fingerprint density at radius 2 is 1.88 bits per heavy atom. The molecule has 1 saturated heterocycles. The van der Waals surface area contributed by atoms with E-state index in [0.29, 0.717) is 0 Å². The second kappa shape index (κ2) is 7.57. The van der Waals surface area contributed by atoms with Gasteiger partial charge in [0.2, 0.25) is 0 Å². The first-order valence-electron chi connectivity index (χ1n) is 7.82. The molecule has 1 heterocycles. The molecule has 0 bridgehead atoms. The number of ketones is 1. The largest absolute Gasteiger partial charge is 0.461 e. The van der Waals surface area contributed by atoms with Gasteiger partial charge in [0.25, 0.3) is 0 Å². The quantitative estimate of drug-likeness (QED) is 0.606. The number of esters is 2. The molecule has 0 spiro atoms. The van der Waals surface area contributed by atoms with E-state index in [0.717, 1.165) is 5.56 Å². The first-order chi connectivity index (χ1) is 11.3. The second-order valence-electron chi connectivity index (χ2n) is 6.74. The van der Waals surface area contributed by atoms with Crippen LogP contribution in [0.2, 0.25) is 0 Å². The van der Waals surface area contributed by atoms with E-state index in [1.54, 1.807) is 20.8 Å². The Morgan fingerprint density at radius 1 is 1.21 bits per heavy atom. The molecule has 0 radical (unpaired) electrons. The zero-order valence-corrected chi connectivity index (χ0v) is 14.1. The standard InChI is InChI=1S/C18H22O6/c1-18(2,3)17(21)23-11-14-16(13(19)9-15(20)24-14)22-10-12-7-5-4-6-8-12/h4-8,14,16H,9-11H2,1-3H3/t14-,16+/m1/s1. The van der Waals surface area contributed by atoms with Crippen molar-refractivity contribution < 1.29 is 28.6 Å². The molecule has 1 aliphatic heterocycles. The number of rotatable bonds is 5. The fourth-order valence-corrected chi connectivity index (χ4v) is 2.18. The lowest BCUT2D eigenvalue weighted by Crippen LogP contribution is -2.48. The minimum Gasteiger partial charge on any atom is -0.461 e. The van der Waals surface area contributed by atoms with Gasteiger partial charge in [0.15, 0.2) is 18.0 Å². The fraction of sp³-hybridized carbons (Fsp3) is 0.500. The van der Waals surface area contributed by atoms with Gasteiger partial charge in [-0.1, -0.05) is 30.3 Å². The van der Waals surface area contributed by atoms with Crippen LogP contribution in [0.1, 0.15) is 32.8 Å². The molecule has 1 aromatic rings. The molecule has 2 rings (SSSR count). The van der Waals surface area contributed by atoms with Crippen LogP contribution < -0.4 is 0 Å². The third-order valence-corrected chi connectivity index (χ3v) is 3.52. The van der Waals surface area contributed by atoms with Crippen LogP contribution in [-0.4, -0.2) is 36.5 Å². The van der Waals surface area contributed by atoms with E-state index in [-0.39, 0.29) is 25.4 Å². The van der Waals surface area contributed by atoms with E-state index >= 15 is 0 Å². The number of hydrogen-bond donors (Lipinski definition) is 0. The van der Waals surface area contributed by atoms with Crippen LogP contribution in [0.25, 0.3) is 0 Å². The van der Waals surface area contributed by atoms with Gasteiger partial charge in [0.1, 0.15) is 13.0 Å². The molecule has 0 aliphatic carbocycles. The Labute approximate surface area is 141 Å². The Balaban J connectivity index is 2.00. The van der Waals surface area contributed by atoms with Crippen molar-refractivity contribution in [1.29, 1.82) is 0 Å². The molecule has 2 atom stereocenters. The fourth-order valence-electron chi connectivity index (χ4n) is 2.18. The summed E-state index contributed by atoms with van der Waals surface area (Å²) in [6.45, 7) is 5.16. The summed E-state index contributed by atoms with van der Waals surface area (Å²) in [7, 11) is 0. The van der Waals surface area contributed by atoms with Crippen LogP contribution >= 0.6 is 0 Å². The smallest absolute Gasteiger partial charge is 0.313 e. The van der Waals surface area contributed by atoms with Crippen molar-refractivity contribution in [3.8, 4) is 0 Å². The van der Waals surface area contributed by atoms with Crippen LogP contribution in [-0.2, 0) is 35.2 Å². The summed E-state index contributed by atoms with van der Waals surface area (Å²) < 4.78 is 16.0. The summed E-state index contributed by atoms with van der Waals surface area (Å²) in [5, 5.41) is 0. The summed E-state index contributed by atoms with van der Waals surface area (Å²) in [5.74, 6) is -1.42. The normalized spacial score (nSPS) is 21.3. The maximum absolute atomic E-state index is 12.1. The number of ether oxygens (including phenoxy) is 3. The molecule has 6 heteroatoms. The molecule has 1 aromatic carbocycles. The van der Waals surface area contributed by atoms with Gasteiger partial charge in [0, 0.05) is 0 Å². The molecule has 0 N–H and O–H groups in total. The average molecular weight is 334 g/mol. The summed E-state index contributed by atoms with van der Waals surface area (Å²) >= 11 is 0. The molecule has 1 aliphatic rings. The lowest BCUT2D eigenvalue weighted by atomic mass is 9.97. The highest BCUT2D eigenvalue weighted by Gasteiger charge is 2.39. The molecule has 0 amide bonds. The minimum atomic E-state index is -0.935. The van der Waals surface area contributed by atoms with Crippen molar-refractivity contribution in [3.63, 3.8) is 0 Å². The predicted octanol–water partition coefficient (Wildman–Crippen LogP) is 2.05. The van der Waals surface area contributed by atoms with E-state index in [9.17, 15) is 14.4 Å². The topological polar surface area (TPSA) is 78.9 Å². The molecule has 0 saturated carbocycles. The first kappa shape index (κ1) is 18.1. The van der Waals surface area contributed by atoms with Crippen molar-refractivity contribution in [2.75, 3.05) is 6.61 Å². The zero-order valence-electron chi connectivity index (χ0n) is 14.1. The van der Waals surface area contributed by atoms with Crippen molar-refractivity contribution in [1.82, 2.24) is 0 Å². The Bertz CT molecular complexity index is 602. The number of benzene rings is 1. The van der Waals surface area contributed by atoms with Gasteiger partial charge < -0.3 is 14.2 Å². The van der Waals surface area contributed by atoms with Gasteiger partial charge in [-0.2, -0.15) is 0 Å². The molecule has 6 nitrogen and oxygen atoms in total. The van der Waals surface area contributed by atoms with Gasteiger partial charge in [-0.3, -0.25) is 14.4 Å². The Hall–Kier alpha value is -2.21. The van der Waals surface area contributed by atoms with Crippen LogP contribution in [0.4, 0.5) is 0 Å². The lowest BCUT2D eigenvalue weighted by Gasteiger charge is -2.30. The summed E-state index contributed by atoms with van der Waals surface area (Å²) in [6.07, 6.45) is -2.19. The zero-order chi connectivity index (χ0) is 17.7. The highest BCUT2D eigenvalue weighted by Crippen LogP contribution is 2.20. The molecular weight excluding hydrogens is 312 g/mol. The summed E-state index contributed by atoms with van der Waals surface area (Å²) in [5.41, 5.74) is 0.218. The third kappa shape index (κ3) is 4.89. The molecule has 130 valence electrons. The van der Waals surface area contributed by atoms with E-state index in [2.05, 4.69) is 0 Å². The van der Waals surface area contributed by atoms with Crippen molar-refractivity contribution in [2.45, 2.75) is 46.0 Å². The summed E-state index contributed by atoms with van der Waals surface area (Å²) in [4.78, 5) is 35.5. The SMILES string of the molecule is CC(C)(C)C(=O)OC[C@H]1OC(=O)CC(=O)[C@@H]1OCc1ccccc1. The van der Waals surface area contributed by atoms with Crippen molar-refractivity contribution in [2.24, 2.45) is 5.41 Å². The minimum absolute atomic E-state index is 0.201. The Kier molecular flexibility index (Phi) is 5.72. The third-order valence-electron chi connectivity index (χ3n) is 3.52. The predicted molar refractivity (Wildman–Crippen MR) is 84.9 cm³/mol. The van der Waals surface area contributed by atoms with E-state index in [1.165, 1.54) is 0 Å². The maximum atomic E-state index is 12.1. The number of carbonyl (C=O) groups excluding carboxylic acids is 3. The molecule has 0 unspecified atom stereocenters. The van der Waals surface area contributed by atoms with Crippen LogP contribution in [0.5, 0.6) is 0 Å². The van der Waals surface area contributed by atoms with Gasteiger partial charge in [0.05, 0.1) is 12.0 Å². The van der Waals surface area contributed by atoms with E-state index in [1.807, 2.05) is 30.3 Å². The second-order valence-corrected chi connectivity index (χ2v) is 6.74. The van der Waals surface area contributed by atoms with Gasteiger partial charge in [-0.25, -0.2) is 0 Å². The van der Waals surface area contributed by atoms with Gasteiger partial charge in [-0.05, 0) is 26.3 Å². The van der Waals surface area contributed by atoms with Crippen molar-refractivity contribution in [3.05, 3.63) is 35.9 Å².